The van der Waals surface area contributed by atoms with Gasteiger partial charge < -0.3 is 8.97 Å². The molecule has 0 amide bonds. The molecule has 0 aliphatic carbocycles. The highest BCUT2D eigenvalue weighted by Crippen LogP contribution is 2.41. The molecule has 9 aromatic rings. The largest absolute Gasteiger partial charge is 0.309 e. The molecule has 40 heavy (non-hydrogen) atoms. The molecule has 186 valence electrons. The number of fused-ring (bicyclic) bond motifs is 12. The number of rotatable bonds is 2. The Balaban J connectivity index is 1.43. The number of aromatic nitrogens is 3. The first-order valence-corrected chi connectivity index (χ1v) is 13.6. The predicted octanol–water partition coefficient (Wildman–Crippen LogP) is 9.56. The molecule has 0 radical (unpaired) electrons. The second-order valence-electron chi connectivity index (χ2n) is 10.5. The van der Waals surface area contributed by atoms with Crippen molar-refractivity contribution in [2.45, 2.75) is 0 Å². The molecule has 0 fully saturated rings. The molecule has 0 spiro atoms. The third-order valence-electron chi connectivity index (χ3n) is 8.36. The summed E-state index contributed by atoms with van der Waals surface area (Å²) in [6, 6.07) is 46.2. The maximum Gasteiger partial charge on any atom is 0.0548 e. The van der Waals surface area contributed by atoms with E-state index in [-0.39, 0.29) is 0 Å². The Labute approximate surface area is 230 Å². The van der Waals surface area contributed by atoms with Crippen molar-refractivity contribution in [3.63, 3.8) is 0 Å². The molecule has 0 unspecified atom stereocenters. The van der Waals surface area contributed by atoms with Crippen molar-refractivity contribution in [2.24, 2.45) is 0 Å². The number of hydrogen-bond acceptors (Lipinski definition) is 1. The highest BCUT2D eigenvalue weighted by Gasteiger charge is 2.19. The molecule has 0 aliphatic heterocycles. The second kappa shape index (κ2) is 8.05. The van der Waals surface area contributed by atoms with Crippen LogP contribution in [-0.4, -0.2) is 14.0 Å². The fourth-order valence-corrected chi connectivity index (χ4v) is 6.68. The van der Waals surface area contributed by atoms with Crippen LogP contribution in [0.4, 0.5) is 0 Å². The van der Waals surface area contributed by atoms with E-state index in [2.05, 4.69) is 135 Å². The Hall–Kier alpha value is -5.41. The Morgan fingerprint density at radius 1 is 0.425 bits per heavy atom. The molecule has 0 bridgehead atoms. The molecular weight excluding hydrogens is 486 g/mol. The Morgan fingerprint density at radius 3 is 1.93 bits per heavy atom. The van der Waals surface area contributed by atoms with E-state index < -0.39 is 0 Å². The van der Waals surface area contributed by atoms with Crippen molar-refractivity contribution >= 4 is 59.9 Å². The van der Waals surface area contributed by atoms with E-state index in [1.54, 1.807) is 0 Å². The molecule has 5 aromatic carbocycles. The molecule has 0 atom stereocenters. The van der Waals surface area contributed by atoms with E-state index in [1.807, 2.05) is 18.5 Å². The van der Waals surface area contributed by atoms with Crippen LogP contribution in [0.2, 0.25) is 0 Å². The average Bonchev–Trinajstić information content (AvgIpc) is 3.58. The van der Waals surface area contributed by atoms with E-state index in [0.717, 1.165) is 16.8 Å². The third-order valence-corrected chi connectivity index (χ3v) is 8.36. The average molecular weight is 510 g/mol. The van der Waals surface area contributed by atoms with Gasteiger partial charge in [0.1, 0.15) is 0 Å². The minimum Gasteiger partial charge on any atom is -0.309 e. The quantitative estimate of drug-likeness (QED) is 0.213. The molecule has 0 aliphatic rings. The summed E-state index contributed by atoms with van der Waals surface area (Å²) in [5.41, 5.74) is 9.55. The molecule has 0 saturated heterocycles. The lowest BCUT2D eigenvalue weighted by molar-refractivity contribution is 1.18. The summed E-state index contributed by atoms with van der Waals surface area (Å²) in [5.74, 6) is 0. The fourth-order valence-electron chi connectivity index (χ4n) is 6.68. The number of para-hydroxylation sites is 2. The van der Waals surface area contributed by atoms with Crippen LogP contribution in [-0.2, 0) is 0 Å². The maximum absolute atomic E-state index is 4.34. The lowest BCUT2D eigenvalue weighted by atomic mass is 10.0. The van der Waals surface area contributed by atoms with E-state index in [9.17, 15) is 0 Å². The molecule has 0 N–H and O–H groups in total. The lowest BCUT2D eigenvalue weighted by Crippen LogP contribution is -1.94. The van der Waals surface area contributed by atoms with Gasteiger partial charge >= 0.3 is 0 Å². The molecule has 0 saturated carbocycles. The maximum atomic E-state index is 4.34. The van der Waals surface area contributed by atoms with Crippen LogP contribution in [0.1, 0.15) is 0 Å². The van der Waals surface area contributed by atoms with Crippen LogP contribution in [0.3, 0.4) is 0 Å². The minimum absolute atomic E-state index is 1.12. The van der Waals surface area contributed by atoms with E-state index in [1.165, 1.54) is 59.9 Å². The Kier molecular flexibility index (Phi) is 4.33. The van der Waals surface area contributed by atoms with Crippen LogP contribution in [0.5, 0.6) is 0 Å². The van der Waals surface area contributed by atoms with Gasteiger partial charge in [-0.3, -0.25) is 4.98 Å². The van der Waals surface area contributed by atoms with E-state index in [4.69, 9.17) is 0 Å². The van der Waals surface area contributed by atoms with Crippen molar-refractivity contribution in [1.82, 2.24) is 14.0 Å². The summed E-state index contributed by atoms with van der Waals surface area (Å²) >= 11 is 0. The number of pyridine rings is 2. The zero-order valence-electron chi connectivity index (χ0n) is 21.6. The van der Waals surface area contributed by atoms with Crippen LogP contribution in [0.25, 0.3) is 76.7 Å². The highest BCUT2D eigenvalue weighted by molar-refractivity contribution is 6.24. The SMILES string of the molecule is c1cncc(-c2cccc(-n3c4ccccc4c4c5cc6c7ccccc7c7ccccc7n6c5ccc43)c2)c1. The van der Waals surface area contributed by atoms with E-state index in [0.29, 0.717) is 0 Å². The standard InChI is InChI=1S/C37H23N3/c1-2-14-29-27(12-1)28-13-3-5-16-32(28)40-34-18-19-35-37(31(34)22-36(29)40)30-15-4-6-17-33(30)39(35)26-11-7-9-24(21-26)25-10-8-20-38-23-25/h1-23H. The van der Waals surface area contributed by atoms with Crippen LogP contribution in [0, 0.1) is 0 Å². The number of nitrogens with zero attached hydrogens (tertiary/aromatic N) is 3. The summed E-state index contributed by atoms with van der Waals surface area (Å²) in [6.45, 7) is 0. The first-order chi connectivity index (χ1) is 19.9. The summed E-state index contributed by atoms with van der Waals surface area (Å²) in [4.78, 5) is 4.34. The predicted molar refractivity (Wildman–Crippen MR) is 167 cm³/mol. The summed E-state index contributed by atoms with van der Waals surface area (Å²) in [7, 11) is 0. The van der Waals surface area contributed by atoms with Crippen LogP contribution >= 0.6 is 0 Å². The molecular formula is C37H23N3. The minimum atomic E-state index is 1.12. The van der Waals surface area contributed by atoms with Gasteiger partial charge in [-0.1, -0.05) is 78.9 Å². The Bertz CT molecular complexity index is 2430. The van der Waals surface area contributed by atoms with Gasteiger partial charge in [0.15, 0.2) is 0 Å². The summed E-state index contributed by atoms with van der Waals surface area (Å²) in [6.07, 6.45) is 3.75. The zero-order valence-corrected chi connectivity index (χ0v) is 21.6. The van der Waals surface area contributed by atoms with E-state index >= 15 is 0 Å². The third kappa shape index (κ3) is 2.86. The normalized spacial score (nSPS) is 12.0. The summed E-state index contributed by atoms with van der Waals surface area (Å²) in [5, 5.41) is 7.67. The summed E-state index contributed by atoms with van der Waals surface area (Å²) < 4.78 is 4.85. The van der Waals surface area contributed by atoms with Gasteiger partial charge in [-0.2, -0.15) is 0 Å². The van der Waals surface area contributed by atoms with Gasteiger partial charge in [-0.05, 0) is 59.5 Å². The van der Waals surface area contributed by atoms with Gasteiger partial charge in [0.25, 0.3) is 0 Å². The van der Waals surface area contributed by atoms with Crippen molar-refractivity contribution in [1.29, 1.82) is 0 Å². The van der Waals surface area contributed by atoms with Crippen molar-refractivity contribution < 1.29 is 0 Å². The lowest BCUT2D eigenvalue weighted by Gasteiger charge is -2.11. The smallest absolute Gasteiger partial charge is 0.0548 e. The van der Waals surface area contributed by atoms with Crippen LogP contribution < -0.4 is 0 Å². The van der Waals surface area contributed by atoms with Crippen molar-refractivity contribution in [3.8, 4) is 16.8 Å². The molecule has 3 heteroatoms. The molecule has 3 nitrogen and oxygen atoms in total. The fraction of sp³-hybridized carbons (Fsp3) is 0. The van der Waals surface area contributed by atoms with Gasteiger partial charge in [0.2, 0.25) is 0 Å². The molecule has 9 rings (SSSR count). The molecule has 4 heterocycles. The van der Waals surface area contributed by atoms with Crippen LogP contribution in [0.15, 0.2) is 140 Å². The first-order valence-electron chi connectivity index (χ1n) is 13.6. The van der Waals surface area contributed by atoms with Crippen molar-refractivity contribution in [2.75, 3.05) is 0 Å². The van der Waals surface area contributed by atoms with Gasteiger partial charge in [-0.25, -0.2) is 0 Å². The van der Waals surface area contributed by atoms with Gasteiger partial charge in [0.05, 0.1) is 27.6 Å². The topological polar surface area (TPSA) is 22.2 Å². The molecule has 4 aromatic heterocycles. The highest BCUT2D eigenvalue weighted by atomic mass is 15.0. The second-order valence-corrected chi connectivity index (χ2v) is 10.5. The number of benzene rings is 5. The Morgan fingerprint density at radius 2 is 1.10 bits per heavy atom. The monoisotopic (exact) mass is 509 g/mol. The number of hydrogen-bond donors (Lipinski definition) is 0. The first kappa shape index (κ1) is 21.5. The zero-order chi connectivity index (χ0) is 26.2. The van der Waals surface area contributed by atoms with Crippen molar-refractivity contribution in [3.05, 3.63) is 140 Å². The van der Waals surface area contributed by atoms with Gasteiger partial charge in [0, 0.05) is 50.6 Å². The van der Waals surface area contributed by atoms with Gasteiger partial charge in [-0.15, -0.1) is 0 Å².